The summed E-state index contributed by atoms with van der Waals surface area (Å²) < 4.78 is 25.8. The number of benzene rings is 2. The van der Waals surface area contributed by atoms with Gasteiger partial charge in [-0.05, 0) is 65.9 Å². The van der Waals surface area contributed by atoms with Crippen LogP contribution >= 0.6 is 22.6 Å². The van der Waals surface area contributed by atoms with Crippen LogP contribution in [0, 0.1) is 10.5 Å². The normalized spacial score (nSPS) is 11.2. The number of aryl methyl sites for hydroxylation is 1. The lowest BCUT2D eigenvalue weighted by Gasteiger charge is -2.17. The van der Waals surface area contributed by atoms with E-state index in [1.807, 2.05) is 6.92 Å². The number of halogens is 1. The Bertz CT molecular complexity index is 756. The standard InChI is InChI=1S/C14H13IN2O3S/c1-10-2-8-13(9-3-10)21(19,20)17(16)14(18)11-4-6-12(15)7-5-11/h2-9H,16H2,1H3. The second kappa shape index (κ2) is 6.12. The predicted molar refractivity (Wildman–Crippen MR) is 87.9 cm³/mol. The van der Waals surface area contributed by atoms with E-state index in [4.69, 9.17) is 5.84 Å². The minimum Gasteiger partial charge on any atom is -0.266 e. The van der Waals surface area contributed by atoms with Crippen LogP contribution in [0.2, 0.25) is 0 Å². The fourth-order valence-corrected chi connectivity index (χ4v) is 3.04. The molecule has 5 nitrogen and oxygen atoms in total. The summed E-state index contributed by atoms with van der Waals surface area (Å²) in [5.41, 5.74) is 1.13. The maximum Gasteiger partial charge on any atom is 0.282 e. The van der Waals surface area contributed by atoms with Crippen molar-refractivity contribution in [3.8, 4) is 0 Å². The molecule has 2 aromatic rings. The van der Waals surface area contributed by atoms with Gasteiger partial charge in [0.2, 0.25) is 0 Å². The second-order valence-corrected chi connectivity index (χ2v) is 7.49. The molecule has 0 fully saturated rings. The lowest BCUT2D eigenvalue weighted by molar-refractivity contribution is 0.0861. The van der Waals surface area contributed by atoms with Crippen LogP contribution in [0.1, 0.15) is 15.9 Å². The minimum absolute atomic E-state index is 0.0190. The van der Waals surface area contributed by atoms with Crippen molar-refractivity contribution in [1.29, 1.82) is 0 Å². The zero-order valence-electron chi connectivity index (χ0n) is 11.2. The topological polar surface area (TPSA) is 80.5 Å². The first-order valence-electron chi connectivity index (χ1n) is 5.99. The Balaban J connectivity index is 2.33. The molecule has 0 unspecified atom stereocenters. The van der Waals surface area contributed by atoms with Gasteiger partial charge in [0.15, 0.2) is 0 Å². The Morgan fingerprint density at radius 3 is 2.10 bits per heavy atom. The van der Waals surface area contributed by atoms with Gasteiger partial charge in [0.05, 0.1) is 4.90 Å². The number of amides is 1. The van der Waals surface area contributed by atoms with Gasteiger partial charge in [0, 0.05) is 9.13 Å². The summed E-state index contributed by atoms with van der Waals surface area (Å²) >= 11 is 2.09. The average molecular weight is 416 g/mol. The molecule has 2 N–H and O–H groups in total. The molecule has 2 aromatic carbocycles. The molecule has 0 aromatic heterocycles. The lowest BCUT2D eigenvalue weighted by Crippen LogP contribution is -2.42. The van der Waals surface area contributed by atoms with Crippen molar-refractivity contribution in [3.63, 3.8) is 0 Å². The fourth-order valence-electron chi connectivity index (χ4n) is 1.65. The van der Waals surface area contributed by atoms with Gasteiger partial charge in [-0.2, -0.15) is 12.8 Å². The van der Waals surface area contributed by atoms with Gasteiger partial charge in [-0.25, -0.2) is 5.84 Å². The maximum atomic E-state index is 12.3. The number of hydrazine groups is 1. The third-order valence-electron chi connectivity index (χ3n) is 2.87. The number of hydrogen-bond donors (Lipinski definition) is 1. The molecule has 0 bridgehead atoms. The SMILES string of the molecule is Cc1ccc(S(=O)(=O)N(N)C(=O)c2ccc(I)cc2)cc1. The molecule has 0 atom stereocenters. The van der Waals surface area contributed by atoms with Crippen molar-refractivity contribution in [2.24, 2.45) is 5.84 Å². The Morgan fingerprint density at radius 2 is 1.57 bits per heavy atom. The summed E-state index contributed by atoms with van der Waals surface area (Å²) in [5, 5.41) is 0. The number of rotatable bonds is 3. The van der Waals surface area contributed by atoms with Gasteiger partial charge in [-0.1, -0.05) is 17.7 Å². The molecule has 0 aliphatic heterocycles. The number of nitrogens with two attached hydrogens (primary N) is 1. The fraction of sp³-hybridized carbons (Fsp3) is 0.0714. The van der Waals surface area contributed by atoms with Crippen molar-refractivity contribution in [2.45, 2.75) is 11.8 Å². The van der Waals surface area contributed by atoms with Gasteiger partial charge in [0.25, 0.3) is 15.9 Å². The highest BCUT2D eigenvalue weighted by Crippen LogP contribution is 2.16. The highest BCUT2D eigenvalue weighted by Gasteiger charge is 2.27. The smallest absolute Gasteiger partial charge is 0.266 e. The monoisotopic (exact) mass is 416 g/mol. The van der Waals surface area contributed by atoms with Crippen LogP contribution in [0.3, 0.4) is 0 Å². The quantitative estimate of drug-likeness (QED) is 0.361. The van der Waals surface area contributed by atoms with Crippen molar-refractivity contribution in [3.05, 3.63) is 63.2 Å². The first kappa shape index (κ1) is 15.9. The van der Waals surface area contributed by atoms with Gasteiger partial charge < -0.3 is 0 Å². The third kappa shape index (κ3) is 3.42. The summed E-state index contributed by atoms with van der Waals surface area (Å²) in [6, 6.07) is 12.6. The Hall–Kier alpha value is -1.45. The van der Waals surface area contributed by atoms with E-state index in [0.29, 0.717) is 0 Å². The molecule has 1 amide bonds. The first-order chi connectivity index (χ1) is 9.82. The van der Waals surface area contributed by atoms with Crippen LogP contribution in [0.25, 0.3) is 0 Å². The first-order valence-corrected chi connectivity index (χ1v) is 8.51. The number of nitrogens with zero attached hydrogens (tertiary/aromatic N) is 1. The summed E-state index contributed by atoms with van der Waals surface area (Å²) in [4.78, 5) is 12.1. The molecule has 0 radical (unpaired) electrons. The Kier molecular flexibility index (Phi) is 4.64. The predicted octanol–water partition coefficient (Wildman–Crippen LogP) is 2.30. The molecule has 21 heavy (non-hydrogen) atoms. The molecule has 0 saturated carbocycles. The summed E-state index contributed by atoms with van der Waals surface area (Å²) in [6.07, 6.45) is 0. The van der Waals surface area contributed by atoms with E-state index in [9.17, 15) is 13.2 Å². The summed E-state index contributed by atoms with van der Waals surface area (Å²) in [7, 11) is -4.05. The van der Waals surface area contributed by atoms with E-state index in [2.05, 4.69) is 22.6 Å². The summed E-state index contributed by atoms with van der Waals surface area (Å²) in [5.74, 6) is 4.76. The number of carbonyl (C=O) groups is 1. The van der Waals surface area contributed by atoms with Crippen molar-refractivity contribution in [2.75, 3.05) is 0 Å². The van der Waals surface area contributed by atoms with Crippen LogP contribution < -0.4 is 5.84 Å². The largest absolute Gasteiger partial charge is 0.282 e. The zero-order chi connectivity index (χ0) is 15.6. The molecule has 7 heteroatoms. The molecule has 0 aliphatic rings. The summed E-state index contributed by atoms with van der Waals surface area (Å²) in [6.45, 7) is 1.84. The highest BCUT2D eigenvalue weighted by atomic mass is 127. The van der Waals surface area contributed by atoms with E-state index in [1.165, 1.54) is 24.3 Å². The van der Waals surface area contributed by atoms with Crippen LogP contribution in [0.5, 0.6) is 0 Å². The molecule has 2 rings (SSSR count). The van der Waals surface area contributed by atoms with E-state index in [-0.39, 0.29) is 14.9 Å². The molecule has 110 valence electrons. The lowest BCUT2D eigenvalue weighted by atomic mass is 10.2. The van der Waals surface area contributed by atoms with E-state index in [0.717, 1.165) is 9.13 Å². The number of hydrogen-bond acceptors (Lipinski definition) is 4. The Labute approximate surface area is 136 Å². The molecule has 0 saturated heterocycles. The van der Waals surface area contributed by atoms with Gasteiger partial charge in [-0.3, -0.25) is 4.79 Å². The van der Waals surface area contributed by atoms with Crippen LogP contribution in [-0.2, 0) is 10.0 Å². The van der Waals surface area contributed by atoms with Crippen LogP contribution in [0.4, 0.5) is 0 Å². The van der Waals surface area contributed by atoms with Gasteiger partial charge in [0.1, 0.15) is 0 Å². The molecule has 0 heterocycles. The molecular weight excluding hydrogens is 403 g/mol. The number of sulfonamides is 1. The second-order valence-electron chi connectivity index (χ2n) is 4.43. The highest BCUT2D eigenvalue weighted by molar-refractivity contribution is 14.1. The molecule has 0 spiro atoms. The van der Waals surface area contributed by atoms with E-state index >= 15 is 0 Å². The third-order valence-corrected chi connectivity index (χ3v) is 5.14. The molecular formula is C14H13IN2O3S. The number of carbonyl (C=O) groups excluding carboxylic acids is 1. The van der Waals surface area contributed by atoms with Gasteiger partial charge >= 0.3 is 0 Å². The van der Waals surface area contributed by atoms with Crippen molar-refractivity contribution in [1.82, 2.24) is 4.41 Å². The Morgan fingerprint density at radius 1 is 1.05 bits per heavy atom. The van der Waals surface area contributed by atoms with Crippen molar-refractivity contribution < 1.29 is 13.2 Å². The molecule has 0 aliphatic carbocycles. The zero-order valence-corrected chi connectivity index (χ0v) is 14.1. The van der Waals surface area contributed by atoms with Gasteiger partial charge in [-0.15, -0.1) is 0 Å². The van der Waals surface area contributed by atoms with E-state index < -0.39 is 15.9 Å². The van der Waals surface area contributed by atoms with Crippen LogP contribution in [-0.4, -0.2) is 18.7 Å². The van der Waals surface area contributed by atoms with Crippen LogP contribution in [0.15, 0.2) is 53.4 Å². The van der Waals surface area contributed by atoms with Crippen molar-refractivity contribution >= 4 is 38.5 Å². The maximum absolute atomic E-state index is 12.3. The average Bonchev–Trinajstić information content (AvgIpc) is 2.47. The van der Waals surface area contributed by atoms with E-state index in [1.54, 1.807) is 24.3 Å². The minimum atomic E-state index is -4.05.